The predicted octanol–water partition coefficient (Wildman–Crippen LogP) is 3.80. The van der Waals surface area contributed by atoms with Gasteiger partial charge in [-0.2, -0.15) is 0 Å². The lowest BCUT2D eigenvalue weighted by atomic mass is 9.96. The topological polar surface area (TPSA) is 26.3 Å². The van der Waals surface area contributed by atoms with Crippen molar-refractivity contribution in [2.24, 2.45) is 5.92 Å². The number of carbonyl (C=O) groups is 1. The molecule has 0 spiro atoms. The Bertz CT molecular complexity index is 394. The standard InChI is InChI=1S/C15H20O2/c1-3-11(2)14-8-13(9-16)6-7-15(14)17-10-12-4-5-12/h6-9,11-12H,3-5,10H2,1-2H3/t11-/m1/s1. The maximum Gasteiger partial charge on any atom is 0.150 e. The summed E-state index contributed by atoms with van der Waals surface area (Å²) < 4.78 is 5.87. The van der Waals surface area contributed by atoms with E-state index in [0.717, 1.165) is 42.1 Å². The van der Waals surface area contributed by atoms with Crippen molar-refractivity contribution >= 4 is 6.29 Å². The molecule has 1 aliphatic rings. The number of aldehydes is 1. The summed E-state index contributed by atoms with van der Waals surface area (Å²) in [6.07, 6.45) is 4.55. The number of rotatable bonds is 6. The minimum Gasteiger partial charge on any atom is -0.493 e. The molecule has 0 bridgehead atoms. The van der Waals surface area contributed by atoms with Gasteiger partial charge in [-0.25, -0.2) is 0 Å². The predicted molar refractivity (Wildman–Crippen MR) is 68.8 cm³/mol. The Hall–Kier alpha value is -1.31. The van der Waals surface area contributed by atoms with Gasteiger partial charge in [0.05, 0.1) is 6.61 Å². The van der Waals surface area contributed by atoms with Crippen molar-refractivity contribution in [3.8, 4) is 5.75 Å². The minimum absolute atomic E-state index is 0.434. The van der Waals surface area contributed by atoms with Crippen LogP contribution < -0.4 is 4.74 Å². The first-order valence-electron chi connectivity index (χ1n) is 6.46. The maximum absolute atomic E-state index is 10.8. The van der Waals surface area contributed by atoms with Gasteiger partial charge in [0.25, 0.3) is 0 Å². The number of ether oxygens (including phenoxy) is 1. The molecule has 1 fully saturated rings. The van der Waals surface area contributed by atoms with Gasteiger partial charge in [-0.15, -0.1) is 0 Å². The van der Waals surface area contributed by atoms with Gasteiger partial charge in [-0.3, -0.25) is 4.79 Å². The van der Waals surface area contributed by atoms with E-state index in [1.807, 2.05) is 18.2 Å². The van der Waals surface area contributed by atoms with Crippen molar-refractivity contribution in [2.45, 2.75) is 39.0 Å². The summed E-state index contributed by atoms with van der Waals surface area (Å²) in [4.78, 5) is 10.8. The average molecular weight is 232 g/mol. The van der Waals surface area contributed by atoms with Crippen LogP contribution in [0.4, 0.5) is 0 Å². The Morgan fingerprint density at radius 2 is 2.24 bits per heavy atom. The lowest BCUT2D eigenvalue weighted by Gasteiger charge is -2.16. The van der Waals surface area contributed by atoms with Crippen molar-refractivity contribution in [3.05, 3.63) is 29.3 Å². The summed E-state index contributed by atoms with van der Waals surface area (Å²) in [5, 5.41) is 0. The zero-order valence-corrected chi connectivity index (χ0v) is 10.6. The molecular formula is C15H20O2. The number of hydrogen-bond donors (Lipinski definition) is 0. The van der Waals surface area contributed by atoms with Crippen molar-refractivity contribution < 1.29 is 9.53 Å². The van der Waals surface area contributed by atoms with Gasteiger partial charge in [0, 0.05) is 5.56 Å². The van der Waals surface area contributed by atoms with Crippen molar-refractivity contribution in [1.29, 1.82) is 0 Å². The number of carbonyl (C=O) groups excluding carboxylic acids is 1. The van der Waals surface area contributed by atoms with Gasteiger partial charge in [0.1, 0.15) is 12.0 Å². The van der Waals surface area contributed by atoms with Crippen LogP contribution in [0.5, 0.6) is 5.75 Å². The molecule has 1 saturated carbocycles. The molecule has 0 aromatic heterocycles. The van der Waals surface area contributed by atoms with Crippen LogP contribution in [0.1, 0.15) is 54.9 Å². The van der Waals surface area contributed by atoms with E-state index in [1.54, 1.807) is 0 Å². The lowest BCUT2D eigenvalue weighted by molar-refractivity contribution is 0.112. The second-order valence-corrected chi connectivity index (χ2v) is 4.98. The molecule has 1 atom stereocenters. The summed E-state index contributed by atoms with van der Waals surface area (Å²) >= 11 is 0. The van der Waals surface area contributed by atoms with Gasteiger partial charge in [-0.05, 0) is 54.9 Å². The van der Waals surface area contributed by atoms with E-state index in [9.17, 15) is 4.79 Å². The third-order valence-corrected chi connectivity index (χ3v) is 3.48. The molecular weight excluding hydrogens is 212 g/mol. The highest BCUT2D eigenvalue weighted by molar-refractivity contribution is 5.75. The van der Waals surface area contributed by atoms with Crippen LogP contribution in [-0.2, 0) is 0 Å². The van der Waals surface area contributed by atoms with E-state index in [2.05, 4.69) is 13.8 Å². The van der Waals surface area contributed by atoms with Crippen LogP contribution in [0.2, 0.25) is 0 Å². The second kappa shape index (κ2) is 5.35. The molecule has 0 radical (unpaired) electrons. The highest BCUT2D eigenvalue weighted by Gasteiger charge is 2.22. The fourth-order valence-electron chi connectivity index (χ4n) is 1.87. The molecule has 2 heteroatoms. The summed E-state index contributed by atoms with van der Waals surface area (Å²) in [6.45, 7) is 5.15. The Morgan fingerprint density at radius 1 is 1.47 bits per heavy atom. The van der Waals surface area contributed by atoms with E-state index in [0.29, 0.717) is 5.92 Å². The lowest BCUT2D eigenvalue weighted by Crippen LogP contribution is -2.04. The SMILES string of the molecule is CC[C@@H](C)c1cc(C=O)ccc1OCC1CC1. The molecule has 2 rings (SSSR count). The van der Waals surface area contributed by atoms with E-state index in [4.69, 9.17) is 4.74 Å². The van der Waals surface area contributed by atoms with E-state index in [1.165, 1.54) is 12.8 Å². The maximum atomic E-state index is 10.8. The van der Waals surface area contributed by atoms with Crippen LogP contribution >= 0.6 is 0 Å². The molecule has 2 nitrogen and oxygen atoms in total. The van der Waals surface area contributed by atoms with Crippen LogP contribution in [0, 0.1) is 5.92 Å². The first kappa shape index (κ1) is 12.2. The molecule has 0 unspecified atom stereocenters. The van der Waals surface area contributed by atoms with Gasteiger partial charge in [-0.1, -0.05) is 13.8 Å². The highest BCUT2D eigenvalue weighted by atomic mass is 16.5. The van der Waals surface area contributed by atoms with Crippen molar-refractivity contribution in [2.75, 3.05) is 6.61 Å². The molecule has 1 aromatic carbocycles. The molecule has 0 amide bonds. The molecule has 1 aliphatic carbocycles. The molecule has 92 valence electrons. The van der Waals surface area contributed by atoms with Gasteiger partial charge < -0.3 is 4.74 Å². The zero-order chi connectivity index (χ0) is 12.3. The van der Waals surface area contributed by atoms with E-state index in [-0.39, 0.29) is 0 Å². The van der Waals surface area contributed by atoms with Gasteiger partial charge in [0.2, 0.25) is 0 Å². The van der Waals surface area contributed by atoms with Gasteiger partial charge in [0.15, 0.2) is 0 Å². The molecule has 17 heavy (non-hydrogen) atoms. The van der Waals surface area contributed by atoms with E-state index < -0.39 is 0 Å². The number of hydrogen-bond acceptors (Lipinski definition) is 2. The second-order valence-electron chi connectivity index (χ2n) is 4.98. The quantitative estimate of drug-likeness (QED) is 0.697. The van der Waals surface area contributed by atoms with Crippen LogP contribution in [0.15, 0.2) is 18.2 Å². The Labute approximate surface area is 103 Å². The fraction of sp³-hybridized carbons (Fsp3) is 0.533. The Kier molecular flexibility index (Phi) is 3.82. The largest absolute Gasteiger partial charge is 0.493 e. The zero-order valence-electron chi connectivity index (χ0n) is 10.6. The summed E-state index contributed by atoms with van der Waals surface area (Å²) in [7, 11) is 0. The smallest absolute Gasteiger partial charge is 0.150 e. The van der Waals surface area contributed by atoms with Crippen molar-refractivity contribution in [3.63, 3.8) is 0 Å². The molecule has 0 N–H and O–H groups in total. The first-order chi connectivity index (χ1) is 8.24. The van der Waals surface area contributed by atoms with Gasteiger partial charge >= 0.3 is 0 Å². The third-order valence-electron chi connectivity index (χ3n) is 3.48. The van der Waals surface area contributed by atoms with E-state index >= 15 is 0 Å². The molecule has 0 aliphatic heterocycles. The fourth-order valence-corrected chi connectivity index (χ4v) is 1.87. The van der Waals surface area contributed by atoms with Crippen LogP contribution in [-0.4, -0.2) is 12.9 Å². The summed E-state index contributed by atoms with van der Waals surface area (Å²) in [6, 6.07) is 5.73. The summed E-state index contributed by atoms with van der Waals surface area (Å²) in [5.41, 5.74) is 1.90. The summed E-state index contributed by atoms with van der Waals surface area (Å²) in [5.74, 6) is 2.14. The Morgan fingerprint density at radius 3 is 2.82 bits per heavy atom. The number of benzene rings is 1. The Balaban J connectivity index is 2.18. The normalized spacial score (nSPS) is 16.6. The third kappa shape index (κ3) is 3.09. The van der Waals surface area contributed by atoms with Crippen LogP contribution in [0.3, 0.4) is 0 Å². The monoisotopic (exact) mass is 232 g/mol. The average Bonchev–Trinajstić information content (AvgIpc) is 3.19. The van der Waals surface area contributed by atoms with Crippen LogP contribution in [0.25, 0.3) is 0 Å². The highest BCUT2D eigenvalue weighted by Crippen LogP contribution is 2.33. The minimum atomic E-state index is 0.434. The molecule has 0 heterocycles. The van der Waals surface area contributed by atoms with Crippen molar-refractivity contribution in [1.82, 2.24) is 0 Å². The molecule has 1 aromatic rings. The first-order valence-corrected chi connectivity index (χ1v) is 6.46. The molecule has 0 saturated heterocycles.